The molecule has 7 nitrogen and oxygen atoms in total. The number of nitrogens with one attached hydrogen (secondary N) is 2. The normalized spacial score (nSPS) is 14.2. The predicted octanol–water partition coefficient (Wildman–Crippen LogP) is -0.0911. The highest BCUT2D eigenvalue weighted by atomic mass is 32.1. The zero-order valence-electron chi connectivity index (χ0n) is 9.81. The Bertz CT molecular complexity index is 443. The summed E-state index contributed by atoms with van der Waals surface area (Å²) in [4.78, 5) is 22.9. The van der Waals surface area contributed by atoms with E-state index in [4.69, 9.17) is 5.73 Å². The van der Waals surface area contributed by atoms with Gasteiger partial charge in [0.1, 0.15) is 0 Å². The molecule has 0 spiro atoms. The van der Waals surface area contributed by atoms with Gasteiger partial charge in [0.2, 0.25) is 16.0 Å². The fourth-order valence-corrected chi connectivity index (χ4v) is 1.91. The van der Waals surface area contributed by atoms with Gasteiger partial charge in [-0.15, -0.1) is 10.2 Å². The number of nitrogens with zero attached hydrogens (tertiary/aromatic N) is 2. The summed E-state index contributed by atoms with van der Waals surface area (Å²) in [5.41, 5.74) is 5.38. The molecule has 1 aromatic rings. The molecule has 0 saturated heterocycles. The molecule has 1 aliphatic rings. The zero-order chi connectivity index (χ0) is 13.0. The first kappa shape index (κ1) is 12.7. The number of aromatic nitrogens is 2. The maximum absolute atomic E-state index is 11.5. The fraction of sp³-hybridized carbons (Fsp3) is 0.600. The Kier molecular flexibility index (Phi) is 4.08. The van der Waals surface area contributed by atoms with Crippen LogP contribution in [0.2, 0.25) is 0 Å². The van der Waals surface area contributed by atoms with Crippen LogP contribution in [0.5, 0.6) is 0 Å². The first-order valence-corrected chi connectivity index (χ1v) is 6.63. The second-order valence-electron chi connectivity index (χ2n) is 4.15. The van der Waals surface area contributed by atoms with E-state index in [1.54, 1.807) is 0 Å². The Morgan fingerprint density at radius 1 is 1.39 bits per heavy atom. The molecule has 1 fully saturated rings. The lowest BCUT2D eigenvalue weighted by Gasteiger charge is -2.03. The molecule has 1 saturated carbocycles. The van der Waals surface area contributed by atoms with Crippen LogP contribution in [0.25, 0.3) is 0 Å². The molecule has 98 valence electrons. The molecular formula is C10H15N5O2S. The molecule has 0 atom stereocenters. The Hall–Kier alpha value is -1.70. The van der Waals surface area contributed by atoms with Gasteiger partial charge in [0.05, 0.1) is 0 Å². The second-order valence-corrected chi connectivity index (χ2v) is 5.16. The molecule has 1 heterocycles. The summed E-state index contributed by atoms with van der Waals surface area (Å²) in [6.45, 7) is 0.441. The number of rotatable bonds is 6. The summed E-state index contributed by atoms with van der Waals surface area (Å²) in [5, 5.41) is 13.3. The van der Waals surface area contributed by atoms with Crippen molar-refractivity contribution in [1.29, 1.82) is 0 Å². The van der Waals surface area contributed by atoms with E-state index < -0.39 is 0 Å². The summed E-state index contributed by atoms with van der Waals surface area (Å²) >= 11 is 1.04. The van der Waals surface area contributed by atoms with E-state index >= 15 is 0 Å². The van der Waals surface area contributed by atoms with Gasteiger partial charge in [-0.1, -0.05) is 11.3 Å². The average Bonchev–Trinajstić information content (AvgIpc) is 3.03. The van der Waals surface area contributed by atoms with Crippen LogP contribution in [-0.2, 0) is 4.79 Å². The first-order chi connectivity index (χ1) is 8.65. The van der Waals surface area contributed by atoms with Crippen LogP contribution in [0.3, 0.4) is 0 Å². The Morgan fingerprint density at radius 2 is 2.17 bits per heavy atom. The number of nitrogen functional groups attached to an aromatic ring is 1. The van der Waals surface area contributed by atoms with Crippen molar-refractivity contribution in [3.8, 4) is 0 Å². The number of nitrogens with two attached hydrogens (primary N) is 1. The van der Waals surface area contributed by atoms with Crippen molar-refractivity contribution in [2.24, 2.45) is 0 Å². The minimum atomic E-state index is -0.299. The molecular weight excluding hydrogens is 254 g/mol. The van der Waals surface area contributed by atoms with Gasteiger partial charge in [0.15, 0.2) is 0 Å². The summed E-state index contributed by atoms with van der Waals surface area (Å²) in [6, 6.07) is 0.386. The molecule has 0 radical (unpaired) electrons. The second kappa shape index (κ2) is 5.76. The predicted molar refractivity (Wildman–Crippen MR) is 67.1 cm³/mol. The SMILES string of the molecule is Nc1nnc(C(=O)NCCCC(=O)NC2CC2)s1. The first-order valence-electron chi connectivity index (χ1n) is 5.81. The molecule has 0 aromatic carbocycles. The van der Waals surface area contributed by atoms with Gasteiger partial charge in [-0.25, -0.2) is 0 Å². The third kappa shape index (κ3) is 3.95. The quantitative estimate of drug-likeness (QED) is 0.625. The standard InChI is InChI=1S/C10H15N5O2S/c11-10-15-14-9(18-10)8(17)12-5-1-2-7(16)13-6-3-4-6/h6H,1-5H2,(H2,11,15)(H,12,17)(H,13,16). The largest absolute Gasteiger partial charge is 0.374 e. The lowest BCUT2D eigenvalue weighted by Crippen LogP contribution is -2.28. The molecule has 2 amide bonds. The van der Waals surface area contributed by atoms with Crippen molar-refractivity contribution in [2.45, 2.75) is 31.7 Å². The van der Waals surface area contributed by atoms with E-state index in [2.05, 4.69) is 20.8 Å². The van der Waals surface area contributed by atoms with Gasteiger partial charge >= 0.3 is 0 Å². The van der Waals surface area contributed by atoms with E-state index in [1.165, 1.54) is 0 Å². The molecule has 2 rings (SSSR count). The van der Waals surface area contributed by atoms with Gasteiger partial charge in [-0.2, -0.15) is 0 Å². The summed E-state index contributed by atoms with van der Waals surface area (Å²) in [7, 11) is 0. The minimum Gasteiger partial charge on any atom is -0.374 e. The minimum absolute atomic E-state index is 0.0481. The molecule has 8 heteroatoms. The van der Waals surface area contributed by atoms with Gasteiger partial charge in [-0.3, -0.25) is 9.59 Å². The number of amides is 2. The van der Waals surface area contributed by atoms with Crippen molar-refractivity contribution in [1.82, 2.24) is 20.8 Å². The maximum Gasteiger partial charge on any atom is 0.282 e. The molecule has 1 aromatic heterocycles. The highest BCUT2D eigenvalue weighted by Crippen LogP contribution is 2.18. The van der Waals surface area contributed by atoms with Gasteiger partial charge in [0, 0.05) is 19.0 Å². The van der Waals surface area contributed by atoms with Crippen LogP contribution in [0.15, 0.2) is 0 Å². The molecule has 0 aliphatic heterocycles. The molecule has 0 bridgehead atoms. The van der Waals surface area contributed by atoms with Crippen molar-refractivity contribution >= 4 is 28.3 Å². The van der Waals surface area contributed by atoms with Crippen molar-refractivity contribution in [3.05, 3.63) is 5.01 Å². The van der Waals surface area contributed by atoms with Crippen LogP contribution < -0.4 is 16.4 Å². The van der Waals surface area contributed by atoms with Gasteiger partial charge < -0.3 is 16.4 Å². The zero-order valence-corrected chi connectivity index (χ0v) is 10.6. The summed E-state index contributed by atoms with van der Waals surface area (Å²) in [6.07, 6.45) is 3.20. The Labute approximate surface area is 108 Å². The highest BCUT2D eigenvalue weighted by Gasteiger charge is 2.22. The number of anilines is 1. The number of carbonyl (C=O) groups is 2. The fourth-order valence-electron chi connectivity index (χ4n) is 1.38. The van der Waals surface area contributed by atoms with Crippen LogP contribution in [0.1, 0.15) is 35.5 Å². The smallest absolute Gasteiger partial charge is 0.282 e. The summed E-state index contributed by atoms with van der Waals surface area (Å²) < 4.78 is 0. The lowest BCUT2D eigenvalue weighted by atomic mass is 10.3. The van der Waals surface area contributed by atoms with Crippen LogP contribution >= 0.6 is 11.3 Å². The van der Waals surface area contributed by atoms with E-state index in [9.17, 15) is 9.59 Å². The number of hydrogen-bond donors (Lipinski definition) is 3. The van der Waals surface area contributed by atoms with Crippen LogP contribution in [0, 0.1) is 0 Å². The maximum atomic E-state index is 11.5. The molecule has 1 aliphatic carbocycles. The number of hydrogen-bond acceptors (Lipinski definition) is 6. The Morgan fingerprint density at radius 3 is 2.78 bits per heavy atom. The lowest BCUT2D eigenvalue weighted by molar-refractivity contribution is -0.121. The number of carbonyl (C=O) groups excluding carboxylic acids is 2. The average molecular weight is 269 g/mol. The van der Waals surface area contributed by atoms with Crippen LogP contribution in [0.4, 0.5) is 5.13 Å². The molecule has 4 N–H and O–H groups in total. The van der Waals surface area contributed by atoms with E-state index in [1.807, 2.05) is 0 Å². The van der Waals surface area contributed by atoms with Gasteiger partial charge in [0.25, 0.3) is 5.91 Å². The van der Waals surface area contributed by atoms with Crippen molar-refractivity contribution in [3.63, 3.8) is 0 Å². The van der Waals surface area contributed by atoms with E-state index in [-0.39, 0.29) is 22.0 Å². The third-order valence-electron chi connectivity index (χ3n) is 2.44. The Balaban J connectivity index is 1.59. The third-order valence-corrected chi connectivity index (χ3v) is 3.19. The topological polar surface area (TPSA) is 110 Å². The van der Waals surface area contributed by atoms with Crippen LogP contribution in [-0.4, -0.2) is 34.6 Å². The monoisotopic (exact) mass is 269 g/mol. The van der Waals surface area contributed by atoms with Gasteiger partial charge in [-0.05, 0) is 19.3 Å². The molecule has 18 heavy (non-hydrogen) atoms. The van der Waals surface area contributed by atoms with E-state index in [0.717, 1.165) is 24.2 Å². The summed E-state index contributed by atoms with van der Waals surface area (Å²) in [5.74, 6) is -0.251. The van der Waals surface area contributed by atoms with Crippen molar-refractivity contribution in [2.75, 3.05) is 12.3 Å². The highest BCUT2D eigenvalue weighted by molar-refractivity contribution is 7.16. The molecule has 0 unspecified atom stereocenters. The van der Waals surface area contributed by atoms with Crippen molar-refractivity contribution < 1.29 is 9.59 Å². The van der Waals surface area contributed by atoms with E-state index in [0.29, 0.717) is 25.4 Å².